The average molecular weight is 345 g/mol. The maximum atomic E-state index is 12.2. The van der Waals surface area contributed by atoms with Crippen LogP contribution in [0.2, 0.25) is 0 Å². The van der Waals surface area contributed by atoms with Crippen molar-refractivity contribution in [2.75, 3.05) is 11.0 Å². The number of hydrogen-bond acceptors (Lipinski definition) is 7. The number of thiazole rings is 1. The van der Waals surface area contributed by atoms with Crippen LogP contribution in [0.25, 0.3) is 0 Å². The third kappa shape index (κ3) is 3.52. The van der Waals surface area contributed by atoms with Gasteiger partial charge < -0.3 is 0 Å². The second-order valence-electron chi connectivity index (χ2n) is 3.95. The maximum absolute atomic E-state index is 12.2. The third-order valence-electron chi connectivity index (χ3n) is 2.52. The summed E-state index contributed by atoms with van der Waals surface area (Å²) < 4.78 is 27.6. The van der Waals surface area contributed by atoms with E-state index in [0.717, 1.165) is 22.0 Å². The summed E-state index contributed by atoms with van der Waals surface area (Å²) in [7, 11) is -3.80. The first-order valence-electron chi connectivity index (χ1n) is 5.62. The first-order chi connectivity index (χ1) is 9.83. The van der Waals surface area contributed by atoms with Gasteiger partial charge in [-0.3, -0.25) is 14.8 Å². The zero-order valence-corrected chi connectivity index (χ0v) is 13.5. The Labute approximate surface area is 129 Å². The number of anilines is 1. The van der Waals surface area contributed by atoms with Gasteiger partial charge in [0.1, 0.15) is 0 Å². The van der Waals surface area contributed by atoms with Gasteiger partial charge in [-0.2, -0.15) is 0 Å². The predicted octanol–water partition coefficient (Wildman–Crippen LogP) is 2.88. The lowest BCUT2D eigenvalue weighted by molar-refractivity contribution is -0.384. The molecule has 0 saturated heterocycles. The molecule has 0 saturated carbocycles. The highest BCUT2D eigenvalue weighted by Crippen LogP contribution is 2.31. The lowest BCUT2D eigenvalue weighted by atomic mass is 10.3. The average Bonchev–Trinajstić information content (AvgIpc) is 2.78. The Hall–Kier alpha value is -1.65. The van der Waals surface area contributed by atoms with E-state index in [1.54, 1.807) is 6.92 Å². The molecule has 10 heteroatoms. The predicted molar refractivity (Wildman–Crippen MR) is 82.5 cm³/mol. The van der Waals surface area contributed by atoms with Crippen molar-refractivity contribution in [1.82, 2.24) is 4.98 Å². The first-order valence-corrected chi connectivity index (χ1v) is 9.14. The lowest BCUT2D eigenvalue weighted by Crippen LogP contribution is -2.12. The fraction of sp³-hybridized carbons (Fsp3) is 0.182. The molecule has 0 spiro atoms. The Morgan fingerprint density at radius 1 is 1.33 bits per heavy atom. The van der Waals surface area contributed by atoms with Crippen LogP contribution in [0.3, 0.4) is 0 Å². The second-order valence-corrected chi connectivity index (χ2v) is 7.71. The highest BCUT2D eigenvalue weighted by atomic mass is 32.2. The number of nitro benzene ring substituents is 1. The Morgan fingerprint density at radius 2 is 1.95 bits per heavy atom. The molecule has 1 aromatic heterocycles. The van der Waals surface area contributed by atoms with Crippen molar-refractivity contribution in [3.63, 3.8) is 0 Å². The van der Waals surface area contributed by atoms with Crippen LogP contribution in [0.4, 0.5) is 10.8 Å². The van der Waals surface area contributed by atoms with Gasteiger partial charge in [0.05, 0.1) is 19.7 Å². The van der Waals surface area contributed by atoms with Crippen LogP contribution in [0.5, 0.6) is 0 Å². The molecule has 0 aliphatic heterocycles. The molecule has 0 aliphatic carbocycles. The van der Waals surface area contributed by atoms with Crippen LogP contribution in [-0.4, -0.2) is 24.6 Å². The number of hydrogen-bond donors (Lipinski definition) is 1. The Bertz CT molecular complexity index is 769. The van der Waals surface area contributed by atoms with Crippen molar-refractivity contribution in [2.24, 2.45) is 0 Å². The van der Waals surface area contributed by atoms with Crippen molar-refractivity contribution in [3.05, 3.63) is 40.1 Å². The minimum atomic E-state index is -3.80. The van der Waals surface area contributed by atoms with E-state index in [1.165, 1.54) is 35.2 Å². The molecule has 0 bridgehead atoms. The molecular formula is C11H11N3O4S3. The van der Waals surface area contributed by atoms with Gasteiger partial charge in [0.25, 0.3) is 15.7 Å². The van der Waals surface area contributed by atoms with Gasteiger partial charge in [-0.1, -0.05) is 11.3 Å². The van der Waals surface area contributed by atoms with E-state index >= 15 is 0 Å². The number of aromatic nitrogens is 1. The number of benzene rings is 1. The van der Waals surface area contributed by atoms with E-state index in [2.05, 4.69) is 9.71 Å². The van der Waals surface area contributed by atoms with Gasteiger partial charge in [0.2, 0.25) is 0 Å². The third-order valence-corrected chi connectivity index (χ3v) is 6.29. The van der Waals surface area contributed by atoms with E-state index in [4.69, 9.17) is 0 Å². The summed E-state index contributed by atoms with van der Waals surface area (Å²) in [5.74, 6) is 0. The number of thioether (sulfide) groups is 1. The number of nitrogens with one attached hydrogen (secondary N) is 1. The summed E-state index contributed by atoms with van der Waals surface area (Å²) in [6, 6.07) is 4.68. The summed E-state index contributed by atoms with van der Waals surface area (Å²) in [5.41, 5.74) is 0.595. The van der Waals surface area contributed by atoms with Gasteiger partial charge in [0.15, 0.2) is 5.13 Å². The Balaban J connectivity index is 2.26. The van der Waals surface area contributed by atoms with Crippen molar-refractivity contribution >= 4 is 43.9 Å². The van der Waals surface area contributed by atoms with Crippen LogP contribution < -0.4 is 4.72 Å². The summed E-state index contributed by atoms with van der Waals surface area (Å²) in [4.78, 5) is 14.1. The monoisotopic (exact) mass is 345 g/mol. The number of nitro groups is 1. The molecule has 0 radical (unpaired) electrons. The normalized spacial score (nSPS) is 11.3. The van der Waals surface area contributed by atoms with Crippen molar-refractivity contribution < 1.29 is 13.3 Å². The number of nitrogens with zero attached hydrogens (tertiary/aromatic N) is 2. The molecule has 0 amide bonds. The van der Waals surface area contributed by atoms with E-state index in [0.29, 0.717) is 0 Å². The Kier molecular flexibility index (Phi) is 4.49. The number of sulfonamides is 1. The summed E-state index contributed by atoms with van der Waals surface area (Å²) in [5, 5.41) is 10.8. The number of rotatable bonds is 5. The molecule has 1 aromatic carbocycles. The van der Waals surface area contributed by atoms with Crippen LogP contribution >= 0.6 is 23.1 Å². The fourth-order valence-corrected chi connectivity index (χ4v) is 4.38. The molecule has 0 atom stereocenters. The zero-order valence-electron chi connectivity index (χ0n) is 11.1. The van der Waals surface area contributed by atoms with Crippen LogP contribution in [-0.2, 0) is 10.0 Å². The minimum Gasteiger partial charge on any atom is -0.258 e. The molecule has 0 unspecified atom stereocenters. The van der Waals surface area contributed by atoms with Gasteiger partial charge in [-0.25, -0.2) is 13.4 Å². The standard InChI is InChI=1S/C11H11N3O4S3/c1-7-10(19-2)20-11(12-7)13-21(17,18)9-5-3-8(4-6-9)14(15)16/h3-6H,1-2H3,(H,12,13). The minimum absolute atomic E-state index is 0.0494. The second kappa shape index (κ2) is 6.00. The SMILES string of the molecule is CSc1sc(NS(=O)(=O)c2ccc([N+](=O)[O-])cc2)nc1C. The van der Waals surface area contributed by atoms with Crippen molar-refractivity contribution in [3.8, 4) is 0 Å². The molecule has 7 nitrogen and oxygen atoms in total. The van der Waals surface area contributed by atoms with E-state index in [1.807, 2.05) is 6.26 Å². The molecule has 0 aliphatic rings. The Morgan fingerprint density at radius 3 is 2.43 bits per heavy atom. The highest BCUT2D eigenvalue weighted by molar-refractivity contribution is 8.00. The maximum Gasteiger partial charge on any atom is 0.269 e. The molecule has 2 rings (SSSR count). The van der Waals surface area contributed by atoms with Crippen molar-refractivity contribution in [2.45, 2.75) is 16.0 Å². The highest BCUT2D eigenvalue weighted by Gasteiger charge is 2.18. The first kappa shape index (κ1) is 15.7. The molecule has 1 heterocycles. The quantitative estimate of drug-likeness (QED) is 0.508. The largest absolute Gasteiger partial charge is 0.269 e. The summed E-state index contributed by atoms with van der Waals surface area (Å²) in [6.45, 7) is 1.80. The summed E-state index contributed by atoms with van der Waals surface area (Å²) >= 11 is 2.73. The number of aryl methyl sites for hydroxylation is 1. The molecule has 1 N–H and O–H groups in total. The van der Waals surface area contributed by atoms with Gasteiger partial charge in [0, 0.05) is 12.1 Å². The van der Waals surface area contributed by atoms with Crippen LogP contribution in [0.15, 0.2) is 33.4 Å². The van der Waals surface area contributed by atoms with E-state index < -0.39 is 14.9 Å². The van der Waals surface area contributed by atoms with E-state index in [-0.39, 0.29) is 15.7 Å². The van der Waals surface area contributed by atoms with Crippen LogP contribution in [0, 0.1) is 17.0 Å². The molecule has 2 aromatic rings. The number of non-ortho nitro benzene ring substituents is 1. The van der Waals surface area contributed by atoms with Crippen LogP contribution in [0.1, 0.15) is 5.69 Å². The fourth-order valence-electron chi connectivity index (χ4n) is 1.54. The van der Waals surface area contributed by atoms with E-state index in [9.17, 15) is 18.5 Å². The topological polar surface area (TPSA) is 102 Å². The summed E-state index contributed by atoms with van der Waals surface area (Å²) in [6.07, 6.45) is 1.88. The lowest BCUT2D eigenvalue weighted by Gasteiger charge is -2.04. The molecule has 0 fully saturated rings. The van der Waals surface area contributed by atoms with Gasteiger partial charge >= 0.3 is 0 Å². The zero-order chi connectivity index (χ0) is 15.6. The van der Waals surface area contributed by atoms with Gasteiger partial charge in [-0.05, 0) is 25.3 Å². The smallest absolute Gasteiger partial charge is 0.258 e. The molecular weight excluding hydrogens is 334 g/mol. The van der Waals surface area contributed by atoms with Crippen molar-refractivity contribution in [1.29, 1.82) is 0 Å². The molecule has 112 valence electrons. The molecule has 21 heavy (non-hydrogen) atoms. The van der Waals surface area contributed by atoms with Gasteiger partial charge in [-0.15, -0.1) is 11.8 Å².